The molecule has 116 valence electrons. The van der Waals surface area contributed by atoms with Gasteiger partial charge in [-0.05, 0) is 19.1 Å². The van der Waals surface area contributed by atoms with Crippen molar-refractivity contribution < 1.29 is 27.8 Å². The topological polar surface area (TPSA) is 102 Å². The number of alkyl halides is 2. The molecule has 1 rings (SSSR count). The zero-order chi connectivity index (χ0) is 16.7. The number of para-hydroxylation sites is 1. The summed E-state index contributed by atoms with van der Waals surface area (Å²) in [5, 5.41) is 8.74. The van der Waals surface area contributed by atoms with Crippen molar-refractivity contribution in [1.29, 1.82) is 5.26 Å². The molecule has 22 heavy (non-hydrogen) atoms. The molecular weight excluding hydrogens is 298 g/mol. The summed E-state index contributed by atoms with van der Waals surface area (Å²) >= 11 is 0. The summed E-state index contributed by atoms with van der Waals surface area (Å²) in [5.74, 6) is -2.19. The third-order valence-electron chi connectivity index (χ3n) is 2.44. The summed E-state index contributed by atoms with van der Waals surface area (Å²) in [4.78, 5) is 23.4. The molecule has 0 spiro atoms. The molecule has 0 radical (unpaired) electrons. The summed E-state index contributed by atoms with van der Waals surface area (Å²) < 4.78 is 33.3. The highest BCUT2D eigenvalue weighted by Crippen LogP contribution is 2.21. The average molecular weight is 310 g/mol. The first-order valence-corrected chi connectivity index (χ1v) is 5.97. The van der Waals surface area contributed by atoms with Crippen molar-refractivity contribution in [2.24, 2.45) is 5.73 Å². The Morgan fingerprint density at radius 1 is 1.36 bits per heavy atom. The highest BCUT2D eigenvalue weighted by atomic mass is 19.3. The van der Waals surface area contributed by atoms with E-state index in [1.54, 1.807) is 6.07 Å². The Bertz CT molecular complexity index is 646. The molecule has 1 aromatic rings. The number of Topliss-reactive ketones (excluding diaryl/α,β-unsaturated/α-hetero) is 1. The normalized spacial score (nSPS) is 11.4. The molecule has 0 saturated carbocycles. The number of allylic oxidation sites excluding steroid dienone is 1. The second-order valence-electron chi connectivity index (χ2n) is 4.04. The van der Waals surface area contributed by atoms with Crippen LogP contribution >= 0.6 is 0 Å². The molecule has 0 amide bonds. The van der Waals surface area contributed by atoms with Gasteiger partial charge in [-0.15, -0.1) is 0 Å². The third-order valence-corrected chi connectivity index (χ3v) is 2.44. The Balaban J connectivity index is 2.81. The number of hydrogen-bond donors (Lipinski definition) is 1. The maximum atomic E-state index is 12.2. The number of rotatable bonds is 6. The van der Waals surface area contributed by atoms with Gasteiger partial charge in [-0.1, -0.05) is 12.1 Å². The molecule has 0 heterocycles. The van der Waals surface area contributed by atoms with Crippen LogP contribution in [0, 0.1) is 11.3 Å². The van der Waals surface area contributed by atoms with Crippen LogP contribution in [0.15, 0.2) is 35.5 Å². The van der Waals surface area contributed by atoms with Crippen molar-refractivity contribution in [2.75, 3.05) is 6.61 Å². The van der Waals surface area contributed by atoms with Crippen LogP contribution in [0.4, 0.5) is 8.78 Å². The van der Waals surface area contributed by atoms with Gasteiger partial charge < -0.3 is 15.2 Å². The Kier molecular flexibility index (Phi) is 6.01. The maximum Gasteiger partial charge on any atom is 0.387 e. The van der Waals surface area contributed by atoms with Gasteiger partial charge in [0.25, 0.3) is 0 Å². The molecule has 0 aliphatic heterocycles. The molecule has 0 unspecified atom stereocenters. The van der Waals surface area contributed by atoms with Gasteiger partial charge in [0.05, 0.1) is 0 Å². The van der Waals surface area contributed by atoms with Gasteiger partial charge in [-0.2, -0.15) is 14.0 Å². The van der Waals surface area contributed by atoms with Crippen molar-refractivity contribution in [3.63, 3.8) is 0 Å². The monoisotopic (exact) mass is 310 g/mol. The predicted octanol–water partition coefficient (Wildman–Crippen LogP) is 1.77. The number of benzene rings is 1. The van der Waals surface area contributed by atoms with Gasteiger partial charge in [0, 0.05) is 5.70 Å². The van der Waals surface area contributed by atoms with E-state index >= 15 is 0 Å². The number of ketones is 1. The number of esters is 1. The van der Waals surface area contributed by atoms with Crippen LogP contribution in [0.25, 0.3) is 0 Å². The quantitative estimate of drug-likeness (QED) is 0.488. The van der Waals surface area contributed by atoms with Crippen LogP contribution in [-0.4, -0.2) is 25.0 Å². The second kappa shape index (κ2) is 7.73. The van der Waals surface area contributed by atoms with Crippen molar-refractivity contribution in [3.8, 4) is 11.8 Å². The summed E-state index contributed by atoms with van der Waals surface area (Å²) in [6, 6.07) is 6.78. The summed E-state index contributed by atoms with van der Waals surface area (Å²) in [7, 11) is 0. The van der Waals surface area contributed by atoms with Crippen LogP contribution in [0.1, 0.15) is 17.3 Å². The maximum absolute atomic E-state index is 12.2. The van der Waals surface area contributed by atoms with E-state index in [-0.39, 0.29) is 22.6 Å². The lowest BCUT2D eigenvalue weighted by atomic mass is 10.1. The molecule has 2 N–H and O–H groups in total. The average Bonchev–Trinajstić information content (AvgIpc) is 2.45. The smallest absolute Gasteiger partial charge is 0.387 e. The summed E-state index contributed by atoms with van der Waals surface area (Å²) in [5.41, 5.74) is 4.74. The number of carbonyl (C=O) groups is 2. The molecule has 0 aliphatic rings. The number of carbonyl (C=O) groups excluding carboxylic acids is 2. The van der Waals surface area contributed by atoms with Crippen molar-refractivity contribution >= 4 is 11.8 Å². The first kappa shape index (κ1) is 17.1. The van der Waals surface area contributed by atoms with E-state index in [2.05, 4.69) is 4.74 Å². The fourth-order valence-corrected chi connectivity index (χ4v) is 1.49. The highest BCUT2D eigenvalue weighted by molar-refractivity contribution is 6.02. The number of ether oxygens (including phenoxy) is 2. The van der Waals surface area contributed by atoms with E-state index in [1.165, 1.54) is 25.1 Å². The van der Waals surface area contributed by atoms with Crippen LogP contribution in [0.3, 0.4) is 0 Å². The summed E-state index contributed by atoms with van der Waals surface area (Å²) in [6.45, 7) is -2.49. The first-order valence-electron chi connectivity index (χ1n) is 5.97. The lowest BCUT2D eigenvalue weighted by Crippen LogP contribution is -2.18. The molecule has 1 aromatic carbocycles. The minimum absolute atomic E-state index is 0.00928. The van der Waals surface area contributed by atoms with Gasteiger partial charge in [-0.3, -0.25) is 4.79 Å². The van der Waals surface area contributed by atoms with E-state index < -0.39 is 25.0 Å². The number of nitriles is 1. The molecule has 6 nitrogen and oxygen atoms in total. The molecule has 0 atom stereocenters. The largest absolute Gasteiger partial charge is 0.454 e. The van der Waals surface area contributed by atoms with E-state index in [9.17, 15) is 18.4 Å². The van der Waals surface area contributed by atoms with Crippen molar-refractivity contribution in [2.45, 2.75) is 13.5 Å². The Hall–Kier alpha value is -2.95. The zero-order valence-corrected chi connectivity index (χ0v) is 11.5. The minimum atomic E-state index is -3.11. The lowest BCUT2D eigenvalue weighted by molar-refractivity contribution is -0.118. The SMILES string of the molecule is C/C(N)=C(\C#N)C(=O)COC(=O)c1ccccc1OC(F)F. The lowest BCUT2D eigenvalue weighted by Gasteiger charge is -2.10. The van der Waals surface area contributed by atoms with Gasteiger partial charge >= 0.3 is 12.6 Å². The van der Waals surface area contributed by atoms with Gasteiger partial charge in [-0.25, -0.2) is 4.79 Å². The highest BCUT2D eigenvalue weighted by Gasteiger charge is 2.19. The Morgan fingerprint density at radius 2 is 2.00 bits per heavy atom. The summed E-state index contributed by atoms with van der Waals surface area (Å²) in [6.07, 6.45) is 0. The molecule has 0 saturated heterocycles. The number of nitrogens with zero attached hydrogens (tertiary/aromatic N) is 1. The Morgan fingerprint density at radius 3 is 2.55 bits per heavy atom. The van der Waals surface area contributed by atoms with Crippen LogP contribution < -0.4 is 10.5 Å². The van der Waals surface area contributed by atoms with E-state index in [0.29, 0.717) is 0 Å². The molecule has 8 heteroatoms. The van der Waals surface area contributed by atoms with Gasteiger partial charge in [0.1, 0.15) is 23.0 Å². The Labute approximate surface area is 124 Å². The molecule has 0 aliphatic carbocycles. The fourth-order valence-electron chi connectivity index (χ4n) is 1.49. The standard InChI is InChI=1S/C14H12F2N2O4/c1-8(18)10(6-17)11(19)7-21-13(20)9-4-2-3-5-12(9)22-14(15)16/h2-5,14H,7,18H2,1H3/b10-8-. The fraction of sp³-hybridized carbons (Fsp3) is 0.214. The molecule has 0 aromatic heterocycles. The number of halogens is 2. The second-order valence-corrected chi connectivity index (χ2v) is 4.04. The number of nitrogens with two attached hydrogens (primary N) is 1. The molecule has 0 bridgehead atoms. The van der Waals surface area contributed by atoms with Gasteiger partial charge in [0.2, 0.25) is 5.78 Å². The molecular formula is C14H12F2N2O4. The third kappa shape index (κ3) is 4.56. The van der Waals surface area contributed by atoms with E-state index in [4.69, 9.17) is 15.7 Å². The predicted molar refractivity (Wildman–Crippen MR) is 70.9 cm³/mol. The van der Waals surface area contributed by atoms with E-state index in [1.807, 2.05) is 0 Å². The van der Waals surface area contributed by atoms with Crippen LogP contribution in [0.2, 0.25) is 0 Å². The van der Waals surface area contributed by atoms with Crippen LogP contribution in [-0.2, 0) is 9.53 Å². The number of hydrogen-bond acceptors (Lipinski definition) is 6. The first-order chi connectivity index (χ1) is 10.4. The van der Waals surface area contributed by atoms with Crippen molar-refractivity contribution in [3.05, 3.63) is 41.1 Å². The van der Waals surface area contributed by atoms with E-state index in [0.717, 1.165) is 6.07 Å². The molecule has 0 fully saturated rings. The van der Waals surface area contributed by atoms with Gasteiger partial charge in [0.15, 0.2) is 6.61 Å². The zero-order valence-electron chi connectivity index (χ0n) is 11.5. The van der Waals surface area contributed by atoms with Crippen LogP contribution in [0.5, 0.6) is 5.75 Å². The van der Waals surface area contributed by atoms with Crippen molar-refractivity contribution in [1.82, 2.24) is 0 Å². The minimum Gasteiger partial charge on any atom is -0.454 e.